The molecule has 0 saturated heterocycles. The first-order valence-corrected chi connectivity index (χ1v) is 6.41. The Morgan fingerprint density at radius 2 is 2.05 bits per heavy atom. The van der Waals surface area contributed by atoms with E-state index in [0.29, 0.717) is 12.4 Å². The van der Waals surface area contributed by atoms with E-state index in [1.807, 2.05) is 45.9 Å². The zero-order chi connectivity index (χ0) is 14.1. The zero-order valence-electron chi connectivity index (χ0n) is 12.2. The Labute approximate surface area is 114 Å². The predicted molar refractivity (Wildman–Crippen MR) is 74.7 cm³/mol. The van der Waals surface area contributed by atoms with Crippen LogP contribution in [0, 0.1) is 0 Å². The monoisotopic (exact) mass is 263 g/mol. The van der Waals surface area contributed by atoms with Gasteiger partial charge in [-0.1, -0.05) is 6.08 Å². The second-order valence-corrected chi connectivity index (χ2v) is 5.81. The summed E-state index contributed by atoms with van der Waals surface area (Å²) in [6.07, 6.45) is 8.13. The van der Waals surface area contributed by atoms with Crippen molar-refractivity contribution in [3.8, 4) is 0 Å². The SMILES string of the molecule is COC1(C)CC2=NC=CC=CC2=C(OC(C)(C)C)O1. The summed E-state index contributed by atoms with van der Waals surface area (Å²) < 4.78 is 17.3. The lowest BCUT2D eigenvalue weighted by Crippen LogP contribution is -2.40. The summed E-state index contributed by atoms with van der Waals surface area (Å²) in [5.74, 6) is -0.267. The number of allylic oxidation sites excluding steroid dienone is 4. The topological polar surface area (TPSA) is 40.0 Å². The van der Waals surface area contributed by atoms with E-state index in [1.54, 1.807) is 13.3 Å². The molecule has 2 aliphatic rings. The molecule has 0 bridgehead atoms. The fourth-order valence-electron chi connectivity index (χ4n) is 1.89. The van der Waals surface area contributed by atoms with Gasteiger partial charge in [-0.3, -0.25) is 4.99 Å². The number of hydrogen-bond donors (Lipinski definition) is 0. The molecule has 19 heavy (non-hydrogen) atoms. The quantitative estimate of drug-likeness (QED) is 0.767. The second kappa shape index (κ2) is 4.85. The number of rotatable bonds is 2. The number of hydrogen-bond acceptors (Lipinski definition) is 4. The number of aliphatic imine (C=N–C) groups is 1. The molecule has 0 radical (unpaired) electrons. The van der Waals surface area contributed by atoms with Crippen LogP contribution in [-0.4, -0.2) is 24.2 Å². The lowest BCUT2D eigenvalue weighted by atomic mass is 10.00. The Morgan fingerprint density at radius 1 is 1.32 bits per heavy atom. The summed E-state index contributed by atoms with van der Waals surface area (Å²) in [6.45, 7) is 7.84. The van der Waals surface area contributed by atoms with E-state index in [-0.39, 0.29) is 5.60 Å². The molecule has 4 heteroatoms. The molecule has 0 aromatic heterocycles. The van der Waals surface area contributed by atoms with E-state index in [4.69, 9.17) is 14.2 Å². The van der Waals surface area contributed by atoms with Crippen molar-refractivity contribution < 1.29 is 14.2 Å². The first-order valence-electron chi connectivity index (χ1n) is 6.41. The maximum absolute atomic E-state index is 5.92. The van der Waals surface area contributed by atoms with E-state index in [2.05, 4.69) is 4.99 Å². The fraction of sp³-hybridized carbons (Fsp3) is 0.533. The second-order valence-electron chi connectivity index (χ2n) is 5.81. The lowest BCUT2D eigenvalue weighted by molar-refractivity contribution is -0.223. The Hall–Kier alpha value is -1.55. The van der Waals surface area contributed by atoms with Gasteiger partial charge in [0.25, 0.3) is 5.95 Å². The summed E-state index contributed by atoms with van der Waals surface area (Å²) in [7, 11) is 1.63. The minimum absolute atomic E-state index is 0.340. The molecule has 0 aromatic carbocycles. The summed E-state index contributed by atoms with van der Waals surface area (Å²) >= 11 is 0. The number of ether oxygens (including phenoxy) is 3. The van der Waals surface area contributed by atoms with Gasteiger partial charge in [0.15, 0.2) is 0 Å². The van der Waals surface area contributed by atoms with Crippen LogP contribution in [0.3, 0.4) is 0 Å². The van der Waals surface area contributed by atoms with Gasteiger partial charge in [-0.05, 0) is 32.9 Å². The van der Waals surface area contributed by atoms with E-state index in [9.17, 15) is 0 Å². The van der Waals surface area contributed by atoms with Crippen molar-refractivity contribution in [2.75, 3.05) is 7.11 Å². The van der Waals surface area contributed by atoms with E-state index < -0.39 is 5.79 Å². The van der Waals surface area contributed by atoms with Gasteiger partial charge in [-0.25, -0.2) is 0 Å². The van der Waals surface area contributed by atoms with Crippen molar-refractivity contribution in [2.45, 2.75) is 45.5 Å². The van der Waals surface area contributed by atoms with E-state index in [1.165, 1.54) is 0 Å². The Balaban J connectivity index is 2.44. The first-order chi connectivity index (χ1) is 8.83. The van der Waals surface area contributed by atoms with Gasteiger partial charge in [0, 0.05) is 20.2 Å². The van der Waals surface area contributed by atoms with E-state index >= 15 is 0 Å². The van der Waals surface area contributed by atoms with Gasteiger partial charge in [-0.2, -0.15) is 0 Å². The third kappa shape index (κ3) is 3.26. The van der Waals surface area contributed by atoms with Gasteiger partial charge in [0.2, 0.25) is 5.79 Å². The van der Waals surface area contributed by atoms with Crippen LogP contribution in [0.2, 0.25) is 0 Å². The average molecular weight is 263 g/mol. The third-order valence-corrected chi connectivity index (χ3v) is 2.85. The van der Waals surface area contributed by atoms with Crippen LogP contribution in [0.5, 0.6) is 0 Å². The average Bonchev–Trinajstić information content (AvgIpc) is 2.52. The first kappa shape index (κ1) is 13.9. The van der Waals surface area contributed by atoms with Crippen LogP contribution in [0.4, 0.5) is 0 Å². The molecular weight excluding hydrogens is 242 g/mol. The normalized spacial score (nSPS) is 26.5. The fourth-order valence-corrected chi connectivity index (χ4v) is 1.89. The number of methoxy groups -OCH3 is 1. The molecule has 0 N–H and O–H groups in total. The Bertz CT molecular complexity index is 480. The van der Waals surface area contributed by atoms with Crippen molar-refractivity contribution >= 4 is 5.71 Å². The van der Waals surface area contributed by atoms with Gasteiger partial charge in [0.05, 0.1) is 17.7 Å². The van der Waals surface area contributed by atoms with Crippen LogP contribution in [-0.2, 0) is 14.2 Å². The van der Waals surface area contributed by atoms with Crippen molar-refractivity contribution in [1.29, 1.82) is 0 Å². The van der Waals surface area contributed by atoms with Gasteiger partial charge >= 0.3 is 0 Å². The van der Waals surface area contributed by atoms with Crippen molar-refractivity contribution in [3.63, 3.8) is 0 Å². The maximum atomic E-state index is 5.92. The molecule has 2 rings (SSSR count). The largest absolute Gasteiger partial charge is 0.459 e. The third-order valence-electron chi connectivity index (χ3n) is 2.85. The standard InChI is InChI=1S/C15H21NO3/c1-14(2,3)18-13-11-8-6-7-9-16-12(11)10-15(4,17-5)19-13/h6-9H,10H2,1-5H3. The smallest absolute Gasteiger partial charge is 0.291 e. The van der Waals surface area contributed by atoms with Crippen LogP contribution in [0.25, 0.3) is 0 Å². The van der Waals surface area contributed by atoms with Crippen LogP contribution in [0.1, 0.15) is 34.1 Å². The number of fused-ring (bicyclic) bond motifs is 1. The maximum Gasteiger partial charge on any atom is 0.291 e. The minimum Gasteiger partial charge on any atom is -0.459 e. The van der Waals surface area contributed by atoms with Crippen LogP contribution < -0.4 is 0 Å². The molecule has 0 aliphatic carbocycles. The number of nitrogens with zero attached hydrogens (tertiary/aromatic N) is 1. The summed E-state index contributed by atoms with van der Waals surface area (Å²) in [4.78, 5) is 4.44. The highest BCUT2D eigenvalue weighted by atomic mass is 16.8. The molecule has 0 spiro atoms. The molecular formula is C15H21NO3. The highest BCUT2D eigenvalue weighted by molar-refractivity contribution is 6.04. The zero-order valence-corrected chi connectivity index (χ0v) is 12.2. The Morgan fingerprint density at radius 3 is 2.68 bits per heavy atom. The molecule has 1 atom stereocenters. The molecule has 0 saturated carbocycles. The van der Waals surface area contributed by atoms with Crippen LogP contribution >= 0.6 is 0 Å². The molecule has 0 amide bonds. The molecule has 0 aromatic rings. The van der Waals surface area contributed by atoms with Crippen molar-refractivity contribution in [2.24, 2.45) is 4.99 Å². The molecule has 0 fully saturated rings. The highest BCUT2D eigenvalue weighted by Gasteiger charge is 2.38. The molecule has 104 valence electrons. The Kier molecular flexibility index (Phi) is 3.54. The lowest BCUT2D eigenvalue weighted by Gasteiger charge is -2.37. The summed E-state index contributed by atoms with van der Waals surface area (Å²) in [5, 5.41) is 0. The predicted octanol–water partition coefficient (Wildman–Crippen LogP) is 3.32. The van der Waals surface area contributed by atoms with Gasteiger partial charge < -0.3 is 14.2 Å². The summed E-state index contributed by atoms with van der Waals surface area (Å²) in [5.41, 5.74) is 1.46. The van der Waals surface area contributed by atoms with Gasteiger partial charge in [0.1, 0.15) is 5.60 Å². The van der Waals surface area contributed by atoms with E-state index in [0.717, 1.165) is 11.3 Å². The molecule has 1 unspecified atom stereocenters. The molecule has 4 nitrogen and oxygen atoms in total. The highest BCUT2D eigenvalue weighted by Crippen LogP contribution is 2.34. The van der Waals surface area contributed by atoms with Crippen molar-refractivity contribution in [1.82, 2.24) is 0 Å². The minimum atomic E-state index is -0.741. The molecule has 2 heterocycles. The summed E-state index contributed by atoms with van der Waals surface area (Å²) in [6, 6.07) is 0. The van der Waals surface area contributed by atoms with Gasteiger partial charge in [-0.15, -0.1) is 0 Å². The molecule has 2 aliphatic heterocycles. The van der Waals surface area contributed by atoms with Crippen LogP contribution in [0.15, 0.2) is 40.9 Å². The van der Waals surface area contributed by atoms with Crippen molar-refractivity contribution in [3.05, 3.63) is 35.9 Å².